The first-order valence-corrected chi connectivity index (χ1v) is 12.1. The lowest BCUT2D eigenvalue weighted by atomic mass is 10.1. The average Bonchev–Trinajstić information content (AvgIpc) is 3.36. The van der Waals surface area contributed by atoms with Gasteiger partial charge in [0.25, 0.3) is 5.92 Å². The summed E-state index contributed by atoms with van der Waals surface area (Å²) in [6.07, 6.45) is 1.02. The minimum Gasteiger partial charge on any atom is -0.320 e. The topological polar surface area (TPSA) is 97.5 Å². The number of fused-ring (bicyclic) bond motifs is 1. The number of likely N-dealkylation sites (tertiary alicyclic amines) is 1. The third kappa shape index (κ3) is 6.29. The van der Waals surface area contributed by atoms with Crippen LogP contribution in [0.5, 0.6) is 0 Å². The molecule has 1 aromatic heterocycles. The third-order valence-electron chi connectivity index (χ3n) is 6.70. The lowest BCUT2D eigenvalue weighted by molar-refractivity contribution is 0.0102. The molecule has 1 unspecified atom stereocenters. The first kappa shape index (κ1) is 26.6. The summed E-state index contributed by atoms with van der Waals surface area (Å²) in [7, 11) is 3.83. The molecule has 37 heavy (non-hydrogen) atoms. The van der Waals surface area contributed by atoms with Crippen molar-refractivity contribution in [1.29, 1.82) is 5.26 Å². The van der Waals surface area contributed by atoms with Crippen LogP contribution in [-0.2, 0) is 19.5 Å². The van der Waals surface area contributed by atoms with E-state index in [1.54, 1.807) is 15.7 Å². The van der Waals surface area contributed by atoms with Crippen LogP contribution in [0.2, 0.25) is 0 Å². The second-order valence-corrected chi connectivity index (χ2v) is 9.99. The number of carbonyl (C=O) groups is 2. The van der Waals surface area contributed by atoms with Crippen molar-refractivity contribution < 1.29 is 22.8 Å². The summed E-state index contributed by atoms with van der Waals surface area (Å²) in [6, 6.07) is 5.05. The zero-order valence-electron chi connectivity index (χ0n) is 20.9. The van der Waals surface area contributed by atoms with E-state index in [1.165, 1.54) is 17.0 Å². The van der Waals surface area contributed by atoms with Crippen LogP contribution in [0.1, 0.15) is 33.7 Å². The number of hydrogen-bond donors (Lipinski definition) is 1. The Morgan fingerprint density at radius 2 is 2.11 bits per heavy atom. The summed E-state index contributed by atoms with van der Waals surface area (Å²) in [5, 5.41) is 16.3. The average molecular weight is 518 g/mol. The summed E-state index contributed by atoms with van der Waals surface area (Å²) in [5.74, 6) is -3.37. The number of rotatable bonds is 8. The Bertz CT molecular complexity index is 1210. The Morgan fingerprint density at radius 1 is 1.32 bits per heavy atom. The van der Waals surface area contributed by atoms with Gasteiger partial charge in [-0.1, -0.05) is 0 Å². The maximum atomic E-state index is 13.7. The molecule has 0 aliphatic carbocycles. The fraction of sp³-hybridized carbons (Fsp3) is 0.520. The molecule has 2 aromatic rings. The summed E-state index contributed by atoms with van der Waals surface area (Å²) in [4.78, 5) is 30.2. The molecule has 2 aliphatic heterocycles. The third-order valence-corrected chi connectivity index (χ3v) is 6.70. The van der Waals surface area contributed by atoms with E-state index in [9.17, 15) is 22.8 Å². The SMILES string of the molecule is CN(C)CC(CN1CCC(F)(F)C1)Cn1nc2c(c1C=O)CN(C(=O)Nc1ccc(F)c(C#N)c1)CC2. The largest absolute Gasteiger partial charge is 0.322 e. The maximum Gasteiger partial charge on any atom is 0.322 e. The zero-order valence-corrected chi connectivity index (χ0v) is 20.9. The quantitative estimate of drug-likeness (QED) is 0.541. The molecule has 1 saturated heterocycles. The summed E-state index contributed by atoms with van der Waals surface area (Å²) >= 11 is 0. The predicted molar refractivity (Wildman–Crippen MR) is 130 cm³/mol. The second kappa shape index (κ2) is 10.9. The zero-order chi connectivity index (χ0) is 26.7. The molecule has 0 radical (unpaired) electrons. The van der Waals surface area contributed by atoms with Gasteiger partial charge < -0.3 is 15.1 Å². The van der Waals surface area contributed by atoms with Gasteiger partial charge in [0.1, 0.15) is 17.6 Å². The minimum atomic E-state index is -2.67. The number of anilines is 1. The predicted octanol–water partition coefficient (Wildman–Crippen LogP) is 2.82. The number of halogens is 3. The van der Waals surface area contributed by atoms with E-state index in [4.69, 9.17) is 5.26 Å². The lowest BCUT2D eigenvalue weighted by Gasteiger charge is -2.27. The van der Waals surface area contributed by atoms with Gasteiger partial charge in [-0.05, 0) is 32.3 Å². The van der Waals surface area contributed by atoms with Crippen LogP contribution >= 0.6 is 0 Å². The Labute approximate surface area is 213 Å². The number of alkyl halides is 2. The molecule has 3 heterocycles. The molecule has 1 fully saturated rings. The van der Waals surface area contributed by atoms with Crippen LogP contribution in [0.4, 0.5) is 23.7 Å². The Balaban J connectivity index is 1.47. The van der Waals surface area contributed by atoms with E-state index < -0.39 is 17.8 Å². The number of urea groups is 1. The Kier molecular flexibility index (Phi) is 7.85. The highest BCUT2D eigenvalue weighted by Crippen LogP contribution is 2.28. The van der Waals surface area contributed by atoms with E-state index in [0.717, 1.165) is 18.0 Å². The Hall–Kier alpha value is -3.43. The second-order valence-electron chi connectivity index (χ2n) is 9.99. The molecule has 12 heteroatoms. The van der Waals surface area contributed by atoms with Crippen molar-refractivity contribution in [3.8, 4) is 6.07 Å². The van der Waals surface area contributed by atoms with Crippen LogP contribution in [0.25, 0.3) is 0 Å². The highest BCUT2D eigenvalue weighted by Gasteiger charge is 2.39. The Morgan fingerprint density at radius 3 is 2.76 bits per heavy atom. The van der Waals surface area contributed by atoms with Crippen LogP contribution in [-0.4, -0.2) is 89.5 Å². The van der Waals surface area contributed by atoms with Crippen molar-refractivity contribution in [2.75, 3.05) is 52.1 Å². The van der Waals surface area contributed by atoms with E-state index in [-0.39, 0.29) is 31.0 Å². The van der Waals surface area contributed by atoms with E-state index in [2.05, 4.69) is 10.4 Å². The molecule has 2 amide bonds. The van der Waals surface area contributed by atoms with Crippen molar-refractivity contribution in [2.24, 2.45) is 5.92 Å². The monoisotopic (exact) mass is 517 g/mol. The number of carbonyl (C=O) groups excluding carboxylic acids is 2. The molecule has 1 N–H and O–H groups in total. The molecular formula is C25H30F3N7O2. The van der Waals surface area contributed by atoms with Crippen LogP contribution in [0.3, 0.4) is 0 Å². The maximum absolute atomic E-state index is 13.7. The van der Waals surface area contributed by atoms with Crippen LogP contribution < -0.4 is 5.32 Å². The molecule has 1 aromatic carbocycles. The lowest BCUT2D eigenvalue weighted by Crippen LogP contribution is -2.39. The number of hydrogen-bond acceptors (Lipinski definition) is 6. The number of amides is 2. The number of nitrogens with one attached hydrogen (secondary N) is 1. The smallest absolute Gasteiger partial charge is 0.320 e. The first-order valence-electron chi connectivity index (χ1n) is 12.1. The van der Waals surface area contributed by atoms with Gasteiger partial charge in [0.05, 0.1) is 24.3 Å². The number of nitrogens with zero attached hydrogens (tertiary/aromatic N) is 6. The van der Waals surface area contributed by atoms with Crippen molar-refractivity contribution >= 4 is 18.0 Å². The fourth-order valence-corrected chi connectivity index (χ4v) is 5.05. The molecule has 1 atom stereocenters. The molecular weight excluding hydrogens is 487 g/mol. The highest BCUT2D eigenvalue weighted by atomic mass is 19.3. The number of benzene rings is 1. The molecule has 198 valence electrons. The molecule has 0 bridgehead atoms. The molecule has 0 saturated carbocycles. The summed E-state index contributed by atoms with van der Waals surface area (Å²) in [5.41, 5.74) is 1.88. The molecule has 4 rings (SSSR count). The highest BCUT2D eigenvalue weighted by molar-refractivity contribution is 5.90. The van der Waals surface area contributed by atoms with E-state index >= 15 is 0 Å². The normalized spacial score (nSPS) is 17.9. The van der Waals surface area contributed by atoms with Gasteiger partial charge in [-0.3, -0.25) is 14.4 Å². The van der Waals surface area contributed by atoms with Crippen molar-refractivity contribution in [2.45, 2.75) is 31.9 Å². The standard InChI is InChI=1S/C25H30F3N7O2/c1-32(2)11-17(12-33-8-6-25(27,28)16-33)13-35-23(15-36)20-14-34(7-5-22(20)31-35)24(37)30-19-3-4-21(26)18(9-19)10-29/h3-4,9,15,17H,5-8,11-14,16H2,1-2H3,(H,30,37). The first-order chi connectivity index (χ1) is 17.6. The fourth-order valence-electron chi connectivity index (χ4n) is 5.05. The van der Waals surface area contributed by atoms with E-state index in [0.29, 0.717) is 56.1 Å². The van der Waals surface area contributed by atoms with Gasteiger partial charge >= 0.3 is 6.03 Å². The summed E-state index contributed by atoms with van der Waals surface area (Å²) < 4.78 is 42.7. The van der Waals surface area contributed by atoms with Gasteiger partial charge in [-0.15, -0.1) is 0 Å². The van der Waals surface area contributed by atoms with Gasteiger partial charge in [-0.2, -0.15) is 10.4 Å². The number of aldehydes is 1. The van der Waals surface area contributed by atoms with Crippen molar-refractivity contribution in [3.63, 3.8) is 0 Å². The minimum absolute atomic E-state index is 0.0313. The van der Waals surface area contributed by atoms with Crippen LogP contribution in [0.15, 0.2) is 18.2 Å². The molecule has 2 aliphatic rings. The van der Waals surface area contributed by atoms with Gasteiger partial charge in [0, 0.05) is 62.7 Å². The van der Waals surface area contributed by atoms with Gasteiger partial charge in [-0.25, -0.2) is 18.0 Å². The van der Waals surface area contributed by atoms with E-state index in [1.807, 2.05) is 19.0 Å². The van der Waals surface area contributed by atoms with Crippen LogP contribution in [0, 0.1) is 23.1 Å². The molecule has 9 nitrogen and oxygen atoms in total. The van der Waals surface area contributed by atoms with Crippen molar-refractivity contribution in [3.05, 3.63) is 46.5 Å². The van der Waals surface area contributed by atoms with Gasteiger partial charge in [0.2, 0.25) is 0 Å². The number of aromatic nitrogens is 2. The van der Waals surface area contributed by atoms with Gasteiger partial charge in [0.15, 0.2) is 6.29 Å². The van der Waals surface area contributed by atoms with Crippen molar-refractivity contribution in [1.82, 2.24) is 24.5 Å². The number of nitriles is 1. The summed E-state index contributed by atoms with van der Waals surface area (Å²) in [6.45, 7) is 2.10. The molecule has 0 spiro atoms.